The van der Waals surface area contributed by atoms with Gasteiger partial charge < -0.3 is 10.6 Å². The quantitative estimate of drug-likeness (QED) is 0.768. The zero-order valence-electron chi connectivity index (χ0n) is 9.10. The van der Waals surface area contributed by atoms with Gasteiger partial charge in [-0.15, -0.1) is 6.42 Å². The summed E-state index contributed by atoms with van der Waals surface area (Å²) in [6, 6.07) is 7.17. The molecule has 0 spiro atoms. The van der Waals surface area contributed by atoms with Gasteiger partial charge >= 0.3 is 6.03 Å². The van der Waals surface area contributed by atoms with Crippen molar-refractivity contribution in [2.45, 2.75) is 0 Å². The summed E-state index contributed by atoms with van der Waals surface area (Å²) < 4.78 is 0. The molecule has 2 aromatic rings. The third-order valence-electron chi connectivity index (χ3n) is 2.28. The van der Waals surface area contributed by atoms with Gasteiger partial charge in [0.15, 0.2) is 0 Å². The molecule has 1 heterocycles. The van der Waals surface area contributed by atoms with Crippen molar-refractivity contribution in [3.8, 4) is 12.3 Å². The van der Waals surface area contributed by atoms with Crippen LogP contribution < -0.4 is 10.6 Å². The number of carbonyl (C=O) groups is 1. The molecule has 0 aliphatic rings. The van der Waals surface area contributed by atoms with Gasteiger partial charge in [0.25, 0.3) is 0 Å². The third kappa shape index (κ3) is 2.52. The molecule has 1 aromatic heterocycles. The maximum absolute atomic E-state index is 11.5. The predicted octanol–water partition coefficient (Wildman–Crippen LogP) is 1.99. The lowest BCUT2D eigenvalue weighted by Gasteiger charge is -2.08. The SMILES string of the molecule is C#CCNC(=O)Nc1cccc2cnccc12. The number of pyridine rings is 1. The number of aromatic nitrogens is 1. The Morgan fingerprint density at radius 3 is 3.12 bits per heavy atom. The Balaban J connectivity index is 2.24. The second-order valence-corrected chi connectivity index (χ2v) is 3.41. The fraction of sp³-hybridized carbons (Fsp3) is 0.0769. The van der Waals surface area contributed by atoms with Crippen LogP contribution in [0.5, 0.6) is 0 Å². The number of anilines is 1. The lowest BCUT2D eigenvalue weighted by atomic mass is 10.1. The summed E-state index contributed by atoms with van der Waals surface area (Å²) in [5.74, 6) is 2.34. The molecule has 0 saturated carbocycles. The van der Waals surface area contributed by atoms with Gasteiger partial charge in [-0.3, -0.25) is 4.98 Å². The van der Waals surface area contributed by atoms with Gasteiger partial charge in [-0.2, -0.15) is 0 Å². The van der Waals surface area contributed by atoms with Crippen LogP contribution in [0.3, 0.4) is 0 Å². The molecule has 0 fully saturated rings. The van der Waals surface area contributed by atoms with Crippen molar-refractivity contribution in [3.05, 3.63) is 36.7 Å². The molecule has 0 atom stereocenters. The standard InChI is InChI=1S/C13H11N3O/c1-2-7-15-13(17)16-12-5-3-4-10-9-14-8-6-11(10)12/h1,3-6,8-9H,7H2,(H2,15,16,17). The fourth-order valence-electron chi connectivity index (χ4n) is 1.53. The van der Waals surface area contributed by atoms with Gasteiger partial charge in [-0.1, -0.05) is 18.1 Å². The van der Waals surface area contributed by atoms with Gasteiger partial charge in [-0.05, 0) is 12.1 Å². The van der Waals surface area contributed by atoms with Crippen molar-refractivity contribution in [1.82, 2.24) is 10.3 Å². The van der Waals surface area contributed by atoms with E-state index in [0.717, 1.165) is 16.5 Å². The molecule has 84 valence electrons. The number of amides is 2. The first-order valence-corrected chi connectivity index (χ1v) is 5.12. The van der Waals surface area contributed by atoms with Crippen LogP contribution in [0.25, 0.3) is 10.8 Å². The number of nitrogens with one attached hydrogen (secondary N) is 2. The van der Waals surface area contributed by atoms with Crippen molar-refractivity contribution in [2.75, 3.05) is 11.9 Å². The highest BCUT2D eigenvalue weighted by Crippen LogP contribution is 2.21. The monoisotopic (exact) mass is 225 g/mol. The van der Waals surface area contributed by atoms with Crippen LogP contribution in [0.1, 0.15) is 0 Å². The molecule has 0 aliphatic heterocycles. The van der Waals surface area contributed by atoms with Gasteiger partial charge in [-0.25, -0.2) is 4.79 Å². The third-order valence-corrected chi connectivity index (χ3v) is 2.28. The Labute approximate surface area is 99.1 Å². The normalized spacial score (nSPS) is 9.59. The van der Waals surface area contributed by atoms with Crippen LogP contribution in [0.2, 0.25) is 0 Å². The number of carbonyl (C=O) groups excluding carboxylic acids is 1. The minimum atomic E-state index is -0.313. The summed E-state index contributed by atoms with van der Waals surface area (Å²) >= 11 is 0. The van der Waals surface area contributed by atoms with Gasteiger partial charge in [0.05, 0.1) is 12.2 Å². The largest absolute Gasteiger partial charge is 0.327 e. The summed E-state index contributed by atoms with van der Waals surface area (Å²) in [4.78, 5) is 15.5. The number of rotatable bonds is 2. The number of terminal acetylenes is 1. The maximum Gasteiger partial charge on any atom is 0.320 e. The highest BCUT2D eigenvalue weighted by Gasteiger charge is 2.03. The van der Waals surface area contributed by atoms with Crippen LogP contribution in [-0.2, 0) is 0 Å². The van der Waals surface area contributed by atoms with Crippen molar-refractivity contribution in [2.24, 2.45) is 0 Å². The Kier molecular flexibility index (Phi) is 3.22. The molecule has 4 nitrogen and oxygen atoms in total. The highest BCUT2D eigenvalue weighted by atomic mass is 16.2. The molecule has 0 saturated heterocycles. The second kappa shape index (κ2) is 4.99. The van der Waals surface area contributed by atoms with E-state index in [4.69, 9.17) is 6.42 Å². The van der Waals surface area contributed by atoms with E-state index in [0.29, 0.717) is 0 Å². The van der Waals surface area contributed by atoms with E-state index in [-0.39, 0.29) is 12.6 Å². The van der Waals surface area contributed by atoms with Crippen LogP contribution >= 0.6 is 0 Å². The molecular formula is C13H11N3O. The molecule has 2 amide bonds. The minimum absolute atomic E-state index is 0.207. The zero-order chi connectivity index (χ0) is 12.1. The Morgan fingerprint density at radius 2 is 2.29 bits per heavy atom. The van der Waals surface area contributed by atoms with E-state index in [1.165, 1.54) is 0 Å². The van der Waals surface area contributed by atoms with Crippen molar-refractivity contribution < 1.29 is 4.79 Å². The first-order chi connectivity index (χ1) is 8.31. The summed E-state index contributed by atoms with van der Waals surface area (Å²) in [6.07, 6.45) is 8.50. The lowest BCUT2D eigenvalue weighted by Crippen LogP contribution is -2.28. The molecule has 1 aromatic carbocycles. The summed E-state index contributed by atoms with van der Waals surface area (Å²) in [6.45, 7) is 0.207. The molecular weight excluding hydrogens is 214 g/mol. The van der Waals surface area contributed by atoms with Crippen molar-refractivity contribution in [1.29, 1.82) is 0 Å². The summed E-state index contributed by atoms with van der Waals surface area (Å²) in [5.41, 5.74) is 0.736. The van der Waals surface area contributed by atoms with Crippen LogP contribution in [0.15, 0.2) is 36.7 Å². The first kappa shape index (κ1) is 11.0. The molecule has 0 unspecified atom stereocenters. The molecule has 0 bridgehead atoms. The number of hydrogen-bond donors (Lipinski definition) is 2. The average Bonchev–Trinajstić information content (AvgIpc) is 2.37. The molecule has 2 N–H and O–H groups in total. The Morgan fingerprint density at radius 1 is 1.41 bits per heavy atom. The number of hydrogen-bond acceptors (Lipinski definition) is 2. The van der Waals surface area contributed by atoms with Crippen LogP contribution in [0.4, 0.5) is 10.5 Å². The fourth-order valence-corrected chi connectivity index (χ4v) is 1.53. The van der Waals surface area contributed by atoms with E-state index in [1.807, 2.05) is 24.3 Å². The maximum atomic E-state index is 11.5. The van der Waals surface area contributed by atoms with Gasteiger partial charge in [0.2, 0.25) is 0 Å². The van der Waals surface area contributed by atoms with Gasteiger partial charge in [0, 0.05) is 23.2 Å². The van der Waals surface area contributed by atoms with E-state index < -0.39 is 0 Å². The number of benzene rings is 1. The molecule has 0 aliphatic carbocycles. The lowest BCUT2D eigenvalue weighted by molar-refractivity contribution is 0.253. The van der Waals surface area contributed by atoms with Crippen molar-refractivity contribution in [3.63, 3.8) is 0 Å². The Hall–Kier alpha value is -2.54. The average molecular weight is 225 g/mol. The predicted molar refractivity (Wildman–Crippen MR) is 67.6 cm³/mol. The van der Waals surface area contributed by atoms with Crippen LogP contribution in [0, 0.1) is 12.3 Å². The van der Waals surface area contributed by atoms with E-state index >= 15 is 0 Å². The summed E-state index contributed by atoms with van der Waals surface area (Å²) in [5, 5.41) is 7.21. The topological polar surface area (TPSA) is 54.0 Å². The van der Waals surface area contributed by atoms with Gasteiger partial charge in [0.1, 0.15) is 0 Å². The summed E-state index contributed by atoms with van der Waals surface area (Å²) in [7, 11) is 0. The van der Waals surface area contributed by atoms with E-state index in [9.17, 15) is 4.79 Å². The van der Waals surface area contributed by atoms with Crippen LogP contribution in [-0.4, -0.2) is 17.6 Å². The number of fused-ring (bicyclic) bond motifs is 1. The van der Waals surface area contributed by atoms with E-state index in [2.05, 4.69) is 21.5 Å². The van der Waals surface area contributed by atoms with E-state index in [1.54, 1.807) is 12.4 Å². The van der Waals surface area contributed by atoms with Crippen molar-refractivity contribution >= 4 is 22.5 Å². The Bertz CT molecular complexity index is 581. The molecule has 4 heteroatoms. The second-order valence-electron chi connectivity index (χ2n) is 3.41. The highest BCUT2D eigenvalue weighted by molar-refractivity contribution is 6.01. The smallest absolute Gasteiger partial charge is 0.320 e. The minimum Gasteiger partial charge on any atom is -0.327 e. The number of nitrogens with zero attached hydrogens (tertiary/aromatic N) is 1. The molecule has 2 rings (SSSR count). The molecule has 17 heavy (non-hydrogen) atoms. The first-order valence-electron chi connectivity index (χ1n) is 5.12. The zero-order valence-corrected chi connectivity index (χ0v) is 9.10. The number of urea groups is 1. The molecule has 0 radical (unpaired) electrons.